The molecule has 1 aromatic rings. The van der Waals surface area contributed by atoms with Crippen LogP contribution in [-0.2, 0) is 22.7 Å². The van der Waals surface area contributed by atoms with Crippen LogP contribution in [0.1, 0.15) is 24.0 Å². The normalized spacial score (nSPS) is 22.5. The quantitative estimate of drug-likeness (QED) is 0.807. The number of benzene rings is 1. The largest absolute Gasteiger partial charge is 0.481 e. The van der Waals surface area contributed by atoms with E-state index in [1.54, 1.807) is 7.11 Å². The van der Waals surface area contributed by atoms with Gasteiger partial charge < -0.3 is 15.2 Å². The van der Waals surface area contributed by atoms with Gasteiger partial charge in [-0.1, -0.05) is 24.3 Å². The molecule has 1 fully saturated rings. The Morgan fingerprint density at radius 3 is 2.67 bits per heavy atom. The van der Waals surface area contributed by atoms with Crippen LogP contribution in [0, 0.1) is 5.92 Å². The summed E-state index contributed by atoms with van der Waals surface area (Å²) in [5.74, 6) is -0.913. The average molecular weight is 249 g/mol. The minimum atomic E-state index is -0.691. The predicted octanol–water partition coefficient (Wildman–Crippen LogP) is 1.79. The molecule has 18 heavy (non-hydrogen) atoms. The summed E-state index contributed by atoms with van der Waals surface area (Å²) >= 11 is 0. The molecule has 2 atom stereocenters. The molecule has 0 heterocycles. The number of hydrogen-bond donors (Lipinski definition) is 2. The van der Waals surface area contributed by atoms with Crippen LogP contribution in [-0.4, -0.2) is 24.2 Å². The van der Waals surface area contributed by atoms with Gasteiger partial charge in [0.1, 0.15) is 0 Å². The number of carbonyl (C=O) groups is 1. The molecule has 0 aliphatic heterocycles. The van der Waals surface area contributed by atoms with Crippen LogP contribution >= 0.6 is 0 Å². The van der Waals surface area contributed by atoms with Gasteiger partial charge in [0.15, 0.2) is 0 Å². The van der Waals surface area contributed by atoms with Gasteiger partial charge in [-0.15, -0.1) is 0 Å². The number of methoxy groups -OCH3 is 1. The Morgan fingerprint density at radius 1 is 1.39 bits per heavy atom. The molecule has 2 rings (SSSR count). The molecule has 1 aromatic carbocycles. The van der Waals surface area contributed by atoms with Crippen LogP contribution in [0.25, 0.3) is 0 Å². The minimum Gasteiger partial charge on any atom is -0.481 e. The molecule has 1 aliphatic rings. The molecule has 0 radical (unpaired) electrons. The van der Waals surface area contributed by atoms with Crippen molar-refractivity contribution >= 4 is 5.97 Å². The Balaban J connectivity index is 1.92. The number of aliphatic carboxylic acids is 1. The van der Waals surface area contributed by atoms with Crippen molar-refractivity contribution in [2.24, 2.45) is 5.92 Å². The van der Waals surface area contributed by atoms with E-state index < -0.39 is 5.97 Å². The summed E-state index contributed by atoms with van der Waals surface area (Å²) in [4.78, 5) is 10.9. The molecule has 0 amide bonds. The Bertz CT molecular complexity index is 419. The van der Waals surface area contributed by atoms with Crippen molar-refractivity contribution in [2.45, 2.75) is 32.0 Å². The Hall–Kier alpha value is -1.39. The van der Waals surface area contributed by atoms with E-state index in [2.05, 4.69) is 11.4 Å². The lowest BCUT2D eigenvalue weighted by molar-refractivity contribution is -0.146. The zero-order chi connectivity index (χ0) is 13.0. The standard InChI is InChI=1S/C14H19NO3/c1-18-9-11-5-3-2-4-10(11)8-15-13-7-6-12(13)14(16)17/h2-5,12-13,15H,6-9H2,1H3,(H,16,17). The SMILES string of the molecule is COCc1ccccc1CNC1CCC1C(=O)O. The van der Waals surface area contributed by atoms with Crippen molar-refractivity contribution in [1.82, 2.24) is 5.32 Å². The summed E-state index contributed by atoms with van der Waals surface area (Å²) < 4.78 is 5.15. The molecule has 0 spiro atoms. The summed E-state index contributed by atoms with van der Waals surface area (Å²) in [6, 6.07) is 8.18. The van der Waals surface area contributed by atoms with Crippen molar-refractivity contribution in [2.75, 3.05) is 7.11 Å². The third-order valence-electron chi connectivity index (χ3n) is 3.56. The summed E-state index contributed by atoms with van der Waals surface area (Å²) in [5.41, 5.74) is 2.33. The van der Waals surface area contributed by atoms with Gasteiger partial charge in [0, 0.05) is 19.7 Å². The molecule has 2 unspecified atom stereocenters. The van der Waals surface area contributed by atoms with E-state index >= 15 is 0 Å². The number of hydrogen-bond acceptors (Lipinski definition) is 3. The van der Waals surface area contributed by atoms with Gasteiger partial charge in [-0.05, 0) is 24.0 Å². The average Bonchev–Trinajstić information content (AvgIpc) is 2.29. The highest BCUT2D eigenvalue weighted by molar-refractivity contribution is 5.72. The summed E-state index contributed by atoms with van der Waals surface area (Å²) in [5, 5.41) is 12.3. The molecular weight excluding hydrogens is 230 g/mol. The second-order valence-corrected chi connectivity index (χ2v) is 4.71. The van der Waals surface area contributed by atoms with Gasteiger partial charge >= 0.3 is 5.97 Å². The molecule has 0 bridgehead atoms. The highest BCUT2D eigenvalue weighted by atomic mass is 16.5. The van der Waals surface area contributed by atoms with Gasteiger partial charge in [0.25, 0.3) is 0 Å². The van der Waals surface area contributed by atoms with Gasteiger partial charge in [0.05, 0.1) is 12.5 Å². The lowest BCUT2D eigenvalue weighted by Gasteiger charge is -2.34. The third-order valence-corrected chi connectivity index (χ3v) is 3.56. The van der Waals surface area contributed by atoms with Gasteiger partial charge in [-0.2, -0.15) is 0 Å². The van der Waals surface area contributed by atoms with E-state index in [0.29, 0.717) is 13.2 Å². The van der Waals surface area contributed by atoms with E-state index in [0.717, 1.165) is 18.4 Å². The monoisotopic (exact) mass is 249 g/mol. The van der Waals surface area contributed by atoms with Crippen LogP contribution in [0.3, 0.4) is 0 Å². The van der Waals surface area contributed by atoms with Crippen molar-refractivity contribution in [3.8, 4) is 0 Å². The molecule has 4 heteroatoms. The first-order valence-electron chi connectivity index (χ1n) is 6.24. The van der Waals surface area contributed by atoms with E-state index in [1.807, 2.05) is 18.2 Å². The number of rotatable bonds is 6. The molecule has 2 N–H and O–H groups in total. The van der Waals surface area contributed by atoms with Crippen LogP contribution in [0.15, 0.2) is 24.3 Å². The van der Waals surface area contributed by atoms with Gasteiger partial charge in [-0.25, -0.2) is 0 Å². The number of carboxylic acids is 1. The van der Waals surface area contributed by atoms with Gasteiger partial charge in [-0.3, -0.25) is 4.79 Å². The second kappa shape index (κ2) is 5.98. The minimum absolute atomic E-state index is 0.109. The first kappa shape index (κ1) is 13.1. The number of carboxylic acid groups (broad SMARTS) is 1. The van der Waals surface area contributed by atoms with E-state index in [1.165, 1.54) is 5.56 Å². The fraction of sp³-hybridized carbons (Fsp3) is 0.500. The highest BCUT2D eigenvalue weighted by Crippen LogP contribution is 2.28. The maximum atomic E-state index is 10.9. The van der Waals surface area contributed by atoms with Crippen molar-refractivity contribution in [1.29, 1.82) is 0 Å². The van der Waals surface area contributed by atoms with Crippen LogP contribution in [0.2, 0.25) is 0 Å². The van der Waals surface area contributed by atoms with Crippen molar-refractivity contribution in [3.63, 3.8) is 0 Å². The Labute approximate surface area is 107 Å². The first-order valence-corrected chi connectivity index (χ1v) is 6.24. The molecule has 1 aliphatic carbocycles. The molecular formula is C14H19NO3. The van der Waals surface area contributed by atoms with E-state index in [4.69, 9.17) is 9.84 Å². The second-order valence-electron chi connectivity index (χ2n) is 4.71. The third kappa shape index (κ3) is 2.89. The van der Waals surface area contributed by atoms with Gasteiger partial charge in [0.2, 0.25) is 0 Å². The molecule has 4 nitrogen and oxygen atoms in total. The molecule has 98 valence electrons. The van der Waals surface area contributed by atoms with Crippen LogP contribution in [0.4, 0.5) is 0 Å². The molecule has 0 aromatic heterocycles. The van der Waals surface area contributed by atoms with Crippen LogP contribution in [0.5, 0.6) is 0 Å². The van der Waals surface area contributed by atoms with Crippen molar-refractivity contribution < 1.29 is 14.6 Å². The zero-order valence-electron chi connectivity index (χ0n) is 10.6. The lowest BCUT2D eigenvalue weighted by Crippen LogP contribution is -2.47. The number of nitrogens with one attached hydrogen (secondary N) is 1. The smallest absolute Gasteiger partial charge is 0.308 e. The summed E-state index contributed by atoms with van der Waals surface area (Å²) in [7, 11) is 1.68. The summed E-state index contributed by atoms with van der Waals surface area (Å²) in [6.07, 6.45) is 1.73. The Morgan fingerprint density at radius 2 is 2.11 bits per heavy atom. The maximum Gasteiger partial charge on any atom is 0.308 e. The maximum absolute atomic E-state index is 10.9. The Kier molecular flexibility index (Phi) is 4.33. The van der Waals surface area contributed by atoms with Crippen LogP contribution < -0.4 is 5.32 Å². The van der Waals surface area contributed by atoms with E-state index in [9.17, 15) is 4.79 Å². The van der Waals surface area contributed by atoms with E-state index in [-0.39, 0.29) is 12.0 Å². The number of ether oxygens (including phenoxy) is 1. The molecule has 0 saturated heterocycles. The molecule has 1 saturated carbocycles. The fourth-order valence-electron chi connectivity index (χ4n) is 2.31. The lowest BCUT2D eigenvalue weighted by atomic mass is 9.79. The fourth-order valence-corrected chi connectivity index (χ4v) is 2.31. The van der Waals surface area contributed by atoms with Crippen molar-refractivity contribution in [3.05, 3.63) is 35.4 Å². The zero-order valence-corrected chi connectivity index (χ0v) is 10.6. The first-order chi connectivity index (χ1) is 8.72. The topological polar surface area (TPSA) is 58.6 Å². The predicted molar refractivity (Wildman–Crippen MR) is 68.1 cm³/mol. The highest BCUT2D eigenvalue weighted by Gasteiger charge is 2.35. The summed E-state index contributed by atoms with van der Waals surface area (Å²) in [6.45, 7) is 1.29.